The molecule has 3 rings (SSSR count). The first-order valence-electron chi connectivity index (χ1n) is 7.38. The average Bonchev–Trinajstić information content (AvgIpc) is 2.60. The molecule has 1 aromatic carbocycles. The number of hydrogen-bond acceptors (Lipinski definition) is 6. The molecule has 2 atom stereocenters. The lowest BCUT2D eigenvalue weighted by atomic mass is 9.96. The number of ketones is 1. The molecule has 122 valence electrons. The van der Waals surface area contributed by atoms with Crippen LogP contribution in [0.4, 0.5) is 0 Å². The summed E-state index contributed by atoms with van der Waals surface area (Å²) in [7, 11) is 1.23. The molecule has 1 aromatic rings. The number of esters is 1. The molecule has 2 aliphatic rings. The second-order valence-corrected chi connectivity index (χ2v) is 5.44. The van der Waals surface area contributed by atoms with E-state index in [-0.39, 0.29) is 37.8 Å². The number of carbonyl (C=O) groups is 3. The zero-order valence-corrected chi connectivity index (χ0v) is 12.7. The van der Waals surface area contributed by atoms with Gasteiger partial charge in [-0.3, -0.25) is 14.4 Å². The van der Waals surface area contributed by atoms with E-state index in [4.69, 9.17) is 9.47 Å². The lowest BCUT2D eigenvalue weighted by Crippen LogP contribution is -2.53. The van der Waals surface area contributed by atoms with Crippen LogP contribution in [0.1, 0.15) is 6.42 Å². The average molecular weight is 319 g/mol. The first-order chi connectivity index (χ1) is 11.1. The van der Waals surface area contributed by atoms with Crippen LogP contribution in [-0.4, -0.2) is 55.5 Å². The van der Waals surface area contributed by atoms with Crippen LogP contribution in [0, 0.1) is 5.92 Å². The maximum Gasteiger partial charge on any atom is 0.318 e. The Morgan fingerprint density at radius 1 is 1.26 bits per heavy atom. The quantitative estimate of drug-likeness (QED) is 0.580. The van der Waals surface area contributed by atoms with Gasteiger partial charge in [0.25, 0.3) is 5.91 Å². The highest BCUT2D eigenvalue weighted by atomic mass is 16.6. The van der Waals surface area contributed by atoms with Gasteiger partial charge in [-0.1, -0.05) is 12.1 Å². The maximum absolute atomic E-state index is 12.6. The van der Waals surface area contributed by atoms with Gasteiger partial charge in [0.1, 0.15) is 12.5 Å². The second kappa shape index (κ2) is 6.28. The van der Waals surface area contributed by atoms with Gasteiger partial charge in [0.05, 0.1) is 7.11 Å². The number of rotatable bonds is 2. The summed E-state index contributed by atoms with van der Waals surface area (Å²) >= 11 is 0. The number of hydrogen-bond donors (Lipinski definition) is 0. The van der Waals surface area contributed by atoms with E-state index in [0.29, 0.717) is 11.5 Å². The third kappa shape index (κ3) is 2.99. The number of carbonyl (C=O) groups excluding carboxylic acids is 3. The van der Waals surface area contributed by atoms with Gasteiger partial charge in [-0.05, 0) is 12.1 Å². The van der Waals surface area contributed by atoms with Gasteiger partial charge in [-0.15, -0.1) is 0 Å². The monoisotopic (exact) mass is 319 g/mol. The Bertz CT molecular complexity index is 635. The molecule has 2 heterocycles. The van der Waals surface area contributed by atoms with E-state index in [1.165, 1.54) is 12.0 Å². The first kappa shape index (κ1) is 15.3. The largest absolute Gasteiger partial charge is 0.485 e. The smallest absolute Gasteiger partial charge is 0.318 e. The van der Waals surface area contributed by atoms with Crippen molar-refractivity contribution in [2.75, 3.05) is 26.8 Å². The summed E-state index contributed by atoms with van der Waals surface area (Å²) in [5.41, 5.74) is 0. The molecule has 1 saturated heterocycles. The molecule has 0 radical (unpaired) electrons. The number of benzene rings is 1. The number of nitrogens with zero attached hydrogens (tertiary/aromatic N) is 1. The van der Waals surface area contributed by atoms with Gasteiger partial charge in [0.15, 0.2) is 17.3 Å². The number of Topliss-reactive ketones (excluding diaryl/α,β-unsaturated/α-hetero) is 1. The molecule has 1 fully saturated rings. The van der Waals surface area contributed by atoms with Gasteiger partial charge >= 0.3 is 5.97 Å². The minimum atomic E-state index is -0.922. The molecule has 0 spiro atoms. The van der Waals surface area contributed by atoms with Crippen molar-refractivity contribution >= 4 is 17.7 Å². The number of amides is 1. The summed E-state index contributed by atoms with van der Waals surface area (Å²) in [5, 5.41) is 0. The summed E-state index contributed by atoms with van der Waals surface area (Å²) in [4.78, 5) is 37.5. The molecular weight excluding hydrogens is 302 g/mol. The molecule has 0 aromatic heterocycles. The number of fused-ring (bicyclic) bond motifs is 1. The van der Waals surface area contributed by atoms with Crippen molar-refractivity contribution < 1.29 is 28.6 Å². The SMILES string of the molecule is COC(=O)C1CN(C(=O)C2COc3ccccc3O2)CCC1=O. The zero-order valence-electron chi connectivity index (χ0n) is 12.7. The van der Waals surface area contributed by atoms with Crippen molar-refractivity contribution in [3.63, 3.8) is 0 Å². The predicted molar refractivity (Wildman–Crippen MR) is 78.1 cm³/mol. The van der Waals surface area contributed by atoms with Crippen molar-refractivity contribution in [2.24, 2.45) is 5.92 Å². The highest BCUT2D eigenvalue weighted by Crippen LogP contribution is 2.31. The van der Waals surface area contributed by atoms with Crippen LogP contribution < -0.4 is 9.47 Å². The standard InChI is InChI=1S/C16H17NO6/c1-21-16(20)10-8-17(7-6-11(10)18)15(19)14-9-22-12-4-2-3-5-13(12)23-14/h2-5,10,14H,6-9H2,1H3. The summed E-state index contributed by atoms with van der Waals surface area (Å²) in [6.07, 6.45) is -0.647. The normalized spacial score (nSPS) is 23.3. The maximum atomic E-state index is 12.6. The van der Waals surface area contributed by atoms with Crippen LogP contribution in [0.15, 0.2) is 24.3 Å². The van der Waals surface area contributed by atoms with E-state index in [1.54, 1.807) is 18.2 Å². The summed E-state index contributed by atoms with van der Waals surface area (Å²) in [6.45, 7) is 0.391. The molecule has 0 saturated carbocycles. The van der Waals surface area contributed by atoms with E-state index >= 15 is 0 Å². The van der Waals surface area contributed by atoms with Crippen molar-refractivity contribution in [1.82, 2.24) is 4.90 Å². The van der Waals surface area contributed by atoms with Crippen molar-refractivity contribution in [1.29, 1.82) is 0 Å². The van der Waals surface area contributed by atoms with Crippen LogP contribution in [0.5, 0.6) is 11.5 Å². The van der Waals surface area contributed by atoms with Gasteiger partial charge in [0.2, 0.25) is 6.10 Å². The molecule has 0 bridgehead atoms. The summed E-state index contributed by atoms with van der Waals surface area (Å²) < 4.78 is 15.8. The molecule has 2 aliphatic heterocycles. The van der Waals surface area contributed by atoms with Crippen LogP contribution in [0.25, 0.3) is 0 Å². The summed E-state index contributed by atoms with van der Waals surface area (Å²) in [6, 6.07) is 7.11. The van der Waals surface area contributed by atoms with Crippen molar-refractivity contribution in [3.05, 3.63) is 24.3 Å². The predicted octanol–water partition coefficient (Wildman–Crippen LogP) is 0.417. The molecule has 7 nitrogen and oxygen atoms in total. The van der Waals surface area contributed by atoms with Crippen LogP contribution >= 0.6 is 0 Å². The fourth-order valence-electron chi connectivity index (χ4n) is 2.73. The van der Waals surface area contributed by atoms with E-state index in [1.807, 2.05) is 6.07 Å². The molecular formula is C16H17NO6. The fraction of sp³-hybridized carbons (Fsp3) is 0.438. The number of ether oxygens (including phenoxy) is 3. The Labute approximate surface area is 133 Å². The van der Waals surface area contributed by atoms with E-state index in [2.05, 4.69) is 4.74 Å². The zero-order chi connectivity index (χ0) is 16.4. The molecule has 0 N–H and O–H groups in total. The molecule has 1 amide bonds. The van der Waals surface area contributed by atoms with Crippen molar-refractivity contribution in [2.45, 2.75) is 12.5 Å². The number of piperidine rings is 1. The third-order valence-corrected chi connectivity index (χ3v) is 4.00. The van der Waals surface area contributed by atoms with E-state index in [0.717, 1.165) is 0 Å². The Kier molecular flexibility index (Phi) is 4.18. The Morgan fingerprint density at radius 3 is 2.74 bits per heavy atom. The number of methoxy groups -OCH3 is 1. The van der Waals surface area contributed by atoms with Gasteiger partial charge in [-0.25, -0.2) is 0 Å². The molecule has 0 aliphatic carbocycles. The molecule has 7 heteroatoms. The highest BCUT2D eigenvalue weighted by Gasteiger charge is 2.39. The van der Waals surface area contributed by atoms with Gasteiger partial charge in [-0.2, -0.15) is 0 Å². The van der Waals surface area contributed by atoms with Gasteiger partial charge < -0.3 is 19.1 Å². The lowest BCUT2D eigenvalue weighted by molar-refractivity contribution is -0.155. The number of likely N-dealkylation sites (tertiary alicyclic amines) is 1. The minimum absolute atomic E-state index is 0.0197. The summed E-state index contributed by atoms with van der Waals surface area (Å²) in [5.74, 6) is -0.923. The Morgan fingerprint density at radius 2 is 2.00 bits per heavy atom. The fourth-order valence-corrected chi connectivity index (χ4v) is 2.73. The topological polar surface area (TPSA) is 82.1 Å². The van der Waals surface area contributed by atoms with E-state index < -0.39 is 18.0 Å². The van der Waals surface area contributed by atoms with E-state index in [9.17, 15) is 14.4 Å². The van der Waals surface area contributed by atoms with Crippen molar-refractivity contribution in [3.8, 4) is 11.5 Å². The first-order valence-corrected chi connectivity index (χ1v) is 7.38. The van der Waals surface area contributed by atoms with Crippen LogP contribution in [-0.2, 0) is 19.1 Å². The third-order valence-electron chi connectivity index (χ3n) is 4.00. The Balaban J connectivity index is 1.69. The van der Waals surface area contributed by atoms with Crippen LogP contribution in [0.3, 0.4) is 0 Å². The minimum Gasteiger partial charge on any atom is -0.485 e. The Hall–Kier alpha value is -2.57. The molecule has 23 heavy (non-hydrogen) atoms. The molecule has 2 unspecified atom stereocenters. The highest BCUT2D eigenvalue weighted by molar-refractivity contribution is 6.00. The second-order valence-electron chi connectivity index (χ2n) is 5.44. The van der Waals surface area contributed by atoms with Crippen LogP contribution in [0.2, 0.25) is 0 Å². The number of para-hydroxylation sites is 2. The lowest BCUT2D eigenvalue weighted by Gasteiger charge is -2.34. The van der Waals surface area contributed by atoms with Gasteiger partial charge in [0, 0.05) is 19.5 Å².